The molecular formula is C25H18Na2-4. The van der Waals surface area contributed by atoms with Crippen LogP contribution in [-0.2, 0) is 0 Å². The van der Waals surface area contributed by atoms with Crippen molar-refractivity contribution in [3.8, 4) is 22.3 Å². The maximum absolute atomic E-state index is 3.15. The van der Waals surface area contributed by atoms with E-state index in [0.29, 0.717) is 0 Å². The molecule has 2 heteroatoms. The first-order valence-electron chi connectivity index (χ1n) is 7.72. The minimum absolute atomic E-state index is 0. The molecule has 0 spiro atoms. The third kappa shape index (κ3) is 8.62. The number of hydrogen-bond donors (Lipinski definition) is 0. The van der Waals surface area contributed by atoms with Gasteiger partial charge in [0.25, 0.3) is 0 Å². The molecule has 0 aliphatic carbocycles. The second-order valence-corrected chi connectivity index (χ2v) is 5.03. The van der Waals surface area contributed by atoms with Gasteiger partial charge in [0.15, 0.2) is 0 Å². The van der Waals surface area contributed by atoms with Crippen molar-refractivity contribution in [2.75, 3.05) is 0 Å². The minimum Gasteiger partial charge on any atom is -0.358 e. The molecule has 0 unspecified atom stereocenters. The van der Waals surface area contributed by atoms with Crippen LogP contribution >= 0.6 is 0 Å². The summed E-state index contributed by atoms with van der Waals surface area (Å²) < 4.78 is 0. The maximum atomic E-state index is 3.15. The summed E-state index contributed by atoms with van der Waals surface area (Å²) in [7, 11) is 0. The van der Waals surface area contributed by atoms with Crippen molar-refractivity contribution in [1.29, 1.82) is 0 Å². The van der Waals surface area contributed by atoms with Crippen LogP contribution in [0.1, 0.15) is 0 Å². The zero-order chi connectivity index (χ0) is 16.5. The van der Waals surface area contributed by atoms with Crippen molar-refractivity contribution in [1.82, 2.24) is 0 Å². The van der Waals surface area contributed by atoms with Crippen molar-refractivity contribution in [3.63, 3.8) is 0 Å². The Morgan fingerprint density at radius 3 is 1.19 bits per heavy atom. The van der Waals surface area contributed by atoms with Gasteiger partial charge in [0.2, 0.25) is 0 Å². The summed E-state index contributed by atoms with van der Waals surface area (Å²) in [5, 5.41) is 0. The Kier molecular flexibility index (Phi) is 14.3. The van der Waals surface area contributed by atoms with Gasteiger partial charge in [-0.2, -0.15) is 72.8 Å². The van der Waals surface area contributed by atoms with E-state index < -0.39 is 0 Å². The van der Waals surface area contributed by atoms with Crippen molar-refractivity contribution in [2.24, 2.45) is 0 Å². The zero-order valence-corrected chi connectivity index (χ0v) is 20.2. The SMILES string of the molecule is [CH3-].[Na+].[Na+].[c-]1cc[c-]c(-c2[c-]cccc2)c1.[c-]1ccccc1-c1[c-]cccc1. The number of benzene rings is 4. The van der Waals surface area contributed by atoms with E-state index in [2.05, 4.69) is 30.3 Å². The Labute approximate surface area is 208 Å². The van der Waals surface area contributed by atoms with Gasteiger partial charge in [-0.15, -0.1) is 18.2 Å². The van der Waals surface area contributed by atoms with Crippen LogP contribution < -0.4 is 59.1 Å². The van der Waals surface area contributed by atoms with Crippen molar-refractivity contribution in [3.05, 3.63) is 129 Å². The molecule has 0 saturated carbocycles. The van der Waals surface area contributed by atoms with Crippen LogP contribution in [0, 0.1) is 37.8 Å². The van der Waals surface area contributed by atoms with E-state index >= 15 is 0 Å². The molecule has 0 amide bonds. The van der Waals surface area contributed by atoms with Crippen LogP contribution in [-0.4, -0.2) is 0 Å². The molecule has 27 heavy (non-hydrogen) atoms. The van der Waals surface area contributed by atoms with Gasteiger partial charge in [0.05, 0.1) is 0 Å². The summed E-state index contributed by atoms with van der Waals surface area (Å²) in [4.78, 5) is 0. The van der Waals surface area contributed by atoms with Gasteiger partial charge in [-0.05, 0) is 0 Å². The molecule has 4 aromatic carbocycles. The molecule has 0 aliphatic rings. The van der Waals surface area contributed by atoms with Crippen LogP contribution in [0.4, 0.5) is 0 Å². The van der Waals surface area contributed by atoms with E-state index in [1.54, 1.807) is 0 Å². The molecule has 0 N–H and O–H groups in total. The van der Waals surface area contributed by atoms with Crippen molar-refractivity contribution < 1.29 is 59.1 Å². The molecule has 0 bridgehead atoms. The van der Waals surface area contributed by atoms with Gasteiger partial charge in [-0.3, -0.25) is 29.8 Å². The van der Waals surface area contributed by atoms with Crippen LogP contribution in [0.25, 0.3) is 22.3 Å². The number of rotatable bonds is 2. The Balaban J connectivity index is 0.000000451. The first kappa shape index (κ1) is 25.9. The molecule has 0 saturated heterocycles. The molecule has 0 heterocycles. The molecular weight excluding hydrogens is 346 g/mol. The normalized spacial score (nSPS) is 8.59. The van der Waals surface area contributed by atoms with Crippen molar-refractivity contribution >= 4 is 0 Å². The van der Waals surface area contributed by atoms with Gasteiger partial charge in [-0.25, -0.2) is 22.8 Å². The summed E-state index contributed by atoms with van der Waals surface area (Å²) in [5.74, 6) is 0. The van der Waals surface area contributed by atoms with Crippen LogP contribution in [0.5, 0.6) is 0 Å². The van der Waals surface area contributed by atoms with E-state index in [4.69, 9.17) is 0 Å². The summed E-state index contributed by atoms with van der Waals surface area (Å²) in [6.07, 6.45) is 0. The molecule has 0 fully saturated rings. The molecule has 4 rings (SSSR count). The summed E-state index contributed by atoms with van der Waals surface area (Å²) in [5.41, 5.74) is 4.30. The van der Waals surface area contributed by atoms with Crippen LogP contribution in [0.15, 0.2) is 91.0 Å². The molecule has 0 aliphatic heterocycles. The molecule has 0 radical (unpaired) electrons. The average molecular weight is 364 g/mol. The van der Waals surface area contributed by atoms with Gasteiger partial charge in [0.1, 0.15) is 0 Å². The van der Waals surface area contributed by atoms with Gasteiger partial charge >= 0.3 is 59.1 Å². The molecule has 4 aromatic rings. The molecule has 124 valence electrons. The Morgan fingerprint density at radius 2 is 0.852 bits per heavy atom. The van der Waals surface area contributed by atoms with Crippen molar-refractivity contribution in [2.45, 2.75) is 0 Å². The third-order valence-electron chi connectivity index (χ3n) is 3.35. The fraction of sp³-hybridized carbons (Fsp3) is 0. The Morgan fingerprint density at radius 1 is 0.444 bits per heavy atom. The Bertz CT molecular complexity index is 680. The molecule has 0 nitrogen and oxygen atoms in total. The predicted octanol–water partition coefficient (Wildman–Crippen LogP) is 0.166. The second kappa shape index (κ2) is 14.9. The van der Waals surface area contributed by atoms with E-state index in [1.807, 2.05) is 91.0 Å². The van der Waals surface area contributed by atoms with E-state index in [1.165, 1.54) is 0 Å². The minimum atomic E-state index is 0. The molecule has 0 atom stereocenters. The average Bonchev–Trinajstić information content (AvgIpc) is 2.71. The van der Waals surface area contributed by atoms with Gasteiger partial charge < -0.3 is 7.43 Å². The van der Waals surface area contributed by atoms with E-state index in [0.717, 1.165) is 22.3 Å². The first-order chi connectivity index (χ1) is 11.9. The van der Waals surface area contributed by atoms with Gasteiger partial charge in [-0.1, -0.05) is 0 Å². The van der Waals surface area contributed by atoms with E-state index in [-0.39, 0.29) is 66.5 Å². The summed E-state index contributed by atoms with van der Waals surface area (Å²) in [6, 6.07) is 44.9. The van der Waals surface area contributed by atoms with Crippen LogP contribution in [0.2, 0.25) is 0 Å². The maximum Gasteiger partial charge on any atom is 1.00 e. The standard InChI is InChI=1S/C12H8.C12H7.CH3.2Na/c2*1-3-7-11(8-4-1)12-9-5-2-6-10-12;;;/h1-7,9H;1-5,7,10H;1H3;;/q-2;-3;-1;2*+1. The quantitative estimate of drug-likeness (QED) is 0.351. The third-order valence-corrected chi connectivity index (χ3v) is 3.35. The Hall–Kier alpha value is -1.12. The zero-order valence-electron chi connectivity index (χ0n) is 16.2. The van der Waals surface area contributed by atoms with E-state index in [9.17, 15) is 0 Å². The largest absolute Gasteiger partial charge is 1.00 e. The smallest absolute Gasteiger partial charge is 0.358 e. The topological polar surface area (TPSA) is 0 Å². The fourth-order valence-electron chi connectivity index (χ4n) is 2.19. The summed E-state index contributed by atoms with van der Waals surface area (Å²) in [6.45, 7) is 0. The van der Waals surface area contributed by atoms with Gasteiger partial charge in [0, 0.05) is 0 Å². The first-order valence-corrected chi connectivity index (χ1v) is 7.72. The second-order valence-electron chi connectivity index (χ2n) is 5.03. The monoisotopic (exact) mass is 364 g/mol. The summed E-state index contributed by atoms with van der Waals surface area (Å²) >= 11 is 0. The van der Waals surface area contributed by atoms with Crippen LogP contribution in [0.3, 0.4) is 0 Å². The molecule has 0 aromatic heterocycles. The number of hydrogen-bond acceptors (Lipinski definition) is 0. The predicted molar refractivity (Wildman–Crippen MR) is 104 cm³/mol. The fourth-order valence-corrected chi connectivity index (χ4v) is 2.19.